The van der Waals surface area contributed by atoms with E-state index in [2.05, 4.69) is 16.4 Å². The van der Waals surface area contributed by atoms with Crippen LogP contribution in [0.15, 0.2) is 47.8 Å². The molecule has 0 aliphatic heterocycles. The Bertz CT molecular complexity index is 784. The van der Waals surface area contributed by atoms with E-state index < -0.39 is 0 Å². The summed E-state index contributed by atoms with van der Waals surface area (Å²) < 4.78 is 5.18. The molecule has 3 rings (SSSR count). The second-order valence-electron chi connectivity index (χ2n) is 4.84. The first kappa shape index (κ1) is 14.5. The fourth-order valence-electron chi connectivity index (χ4n) is 2.20. The minimum atomic E-state index is -0.144. The lowest BCUT2D eigenvalue weighted by Crippen LogP contribution is -2.26. The maximum absolute atomic E-state index is 12.1. The molecular weight excluding hydrogens is 296 g/mol. The van der Waals surface area contributed by atoms with Gasteiger partial charge in [-0.1, -0.05) is 12.1 Å². The van der Waals surface area contributed by atoms with Crippen LogP contribution in [-0.4, -0.2) is 24.5 Å². The number of carbonyl (C=O) groups is 1. The van der Waals surface area contributed by atoms with E-state index in [-0.39, 0.29) is 5.91 Å². The van der Waals surface area contributed by atoms with E-state index in [4.69, 9.17) is 4.74 Å². The second kappa shape index (κ2) is 6.58. The van der Waals surface area contributed by atoms with E-state index >= 15 is 0 Å². The summed E-state index contributed by atoms with van der Waals surface area (Å²) in [7, 11) is 1.63. The number of benzene rings is 1. The predicted octanol–water partition coefficient (Wildman–Crippen LogP) is 3.28. The number of pyridine rings is 1. The fourth-order valence-corrected chi connectivity index (χ4v) is 2.91. The summed E-state index contributed by atoms with van der Waals surface area (Å²) in [4.78, 5) is 17.8. The van der Waals surface area contributed by atoms with Crippen molar-refractivity contribution in [1.29, 1.82) is 0 Å². The van der Waals surface area contributed by atoms with Crippen LogP contribution in [0.4, 0.5) is 0 Å². The molecule has 3 aromatic rings. The van der Waals surface area contributed by atoms with Gasteiger partial charge >= 0.3 is 0 Å². The van der Waals surface area contributed by atoms with Crippen molar-refractivity contribution in [2.75, 3.05) is 13.7 Å². The van der Waals surface area contributed by atoms with Crippen molar-refractivity contribution in [3.63, 3.8) is 0 Å². The standard InChI is InChI=1S/C17H16N2O2S/c1-21-13-5-7-15-12(11-13)4-6-16(19-15)17(20)18-9-8-14-3-2-10-22-14/h2-7,10-11H,8-9H2,1H3,(H,18,20). The molecule has 1 amide bonds. The van der Waals surface area contributed by atoms with Gasteiger partial charge in [0.15, 0.2) is 0 Å². The smallest absolute Gasteiger partial charge is 0.269 e. The number of nitrogens with zero attached hydrogens (tertiary/aromatic N) is 1. The minimum absolute atomic E-state index is 0.144. The van der Waals surface area contributed by atoms with Gasteiger partial charge in [0.25, 0.3) is 5.91 Å². The first-order valence-electron chi connectivity index (χ1n) is 7.01. The Kier molecular flexibility index (Phi) is 4.34. The van der Waals surface area contributed by atoms with Crippen LogP contribution in [0.3, 0.4) is 0 Å². The number of nitrogens with one attached hydrogen (secondary N) is 1. The van der Waals surface area contributed by atoms with Gasteiger partial charge in [-0.05, 0) is 42.1 Å². The highest BCUT2D eigenvalue weighted by atomic mass is 32.1. The van der Waals surface area contributed by atoms with Crippen LogP contribution in [0.1, 0.15) is 15.4 Å². The summed E-state index contributed by atoms with van der Waals surface area (Å²) in [5.41, 5.74) is 1.22. The molecule has 0 radical (unpaired) electrons. The molecule has 0 saturated heterocycles. The Balaban J connectivity index is 1.68. The zero-order valence-electron chi connectivity index (χ0n) is 12.2. The average molecular weight is 312 g/mol. The second-order valence-corrected chi connectivity index (χ2v) is 5.87. The van der Waals surface area contributed by atoms with Crippen LogP contribution in [0, 0.1) is 0 Å². The zero-order chi connectivity index (χ0) is 15.4. The molecule has 0 fully saturated rings. The molecule has 0 bridgehead atoms. The molecule has 4 nitrogen and oxygen atoms in total. The molecule has 5 heteroatoms. The summed E-state index contributed by atoms with van der Waals surface area (Å²) in [6.07, 6.45) is 0.841. The number of hydrogen-bond acceptors (Lipinski definition) is 4. The monoisotopic (exact) mass is 312 g/mol. The van der Waals surface area contributed by atoms with Crippen molar-refractivity contribution < 1.29 is 9.53 Å². The van der Waals surface area contributed by atoms with E-state index in [0.29, 0.717) is 12.2 Å². The molecule has 2 aromatic heterocycles. The van der Waals surface area contributed by atoms with Crippen LogP contribution in [0.2, 0.25) is 0 Å². The highest BCUT2D eigenvalue weighted by molar-refractivity contribution is 7.09. The number of methoxy groups -OCH3 is 1. The zero-order valence-corrected chi connectivity index (χ0v) is 13.0. The molecule has 2 heterocycles. The van der Waals surface area contributed by atoms with Crippen molar-refractivity contribution in [2.45, 2.75) is 6.42 Å². The quantitative estimate of drug-likeness (QED) is 0.786. The van der Waals surface area contributed by atoms with E-state index in [1.54, 1.807) is 24.5 Å². The number of carbonyl (C=O) groups excluding carboxylic acids is 1. The van der Waals surface area contributed by atoms with E-state index in [1.165, 1.54) is 4.88 Å². The number of hydrogen-bond donors (Lipinski definition) is 1. The molecule has 0 aliphatic rings. The van der Waals surface area contributed by atoms with Gasteiger partial charge in [0.1, 0.15) is 11.4 Å². The third-order valence-corrected chi connectivity index (χ3v) is 4.30. The van der Waals surface area contributed by atoms with Crippen LogP contribution >= 0.6 is 11.3 Å². The Labute approximate surface area is 132 Å². The molecule has 1 aromatic carbocycles. The van der Waals surface area contributed by atoms with Crippen LogP contribution in [-0.2, 0) is 6.42 Å². The molecule has 0 saturated carbocycles. The summed E-state index contributed by atoms with van der Waals surface area (Å²) in [6, 6.07) is 13.3. The summed E-state index contributed by atoms with van der Waals surface area (Å²) in [6.45, 7) is 0.613. The Hall–Kier alpha value is -2.40. The van der Waals surface area contributed by atoms with Crippen LogP contribution < -0.4 is 10.1 Å². The van der Waals surface area contributed by atoms with Gasteiger partial charge in [0, 0.05) is 16.8 Å². The molecule has 0 aliphatic carbocycles. The normalized spacial score (nSPS) is 10.6. The third kappa shape index (κ3) is 3.26. The first-order valence-corrected chi connectivity index (χ1v) is 7.89. The van der Waals surface area contributed by atoms with E-state index in [0.717, 1.165) is 23.1 Å². The van der Waals surface area contributed by atoms with Gasteiger partial charge in [-0.15, -0.1) is 11.3 Å². The topological polar surface area (TPSA) is 51.2 Å². The predicted molar refractivity (Wildman–Crippen MR) is 88.7 cm³/mol. The summed E-state index contributed by atoms with van der Waals surface area (Å²) in [5, 5.41) is 5.90. The molecular formula is C17H16N2O2S. The highest BCUT2D eigenvalue weighted by Crippen LogP contribution is 2.19. The van der Waals surface area contributed by atoms with Crippen molar-refractivity contribution in [3.8, 4) is 5.75 Å². The SMILES string of the molecule is COc1ccc2nc(C(=O)NCCc3cccs3)ccc2c1. The number of aromatic nitrogens is 1. The molecule has 0 unspecified atom stereocenters. The van der Waals surface area contributed by atoms with Gasteiger partial charge in [0.2, 0.25) is 0 Å². The molecule has 0 atom stereocenters. The Morgan fingerprint density at radius 2 is 2.18 bits per heavy atom. The van der Waals surface area contributed by atoms with Gasteiger partial charge in [-0.25, -0.2) is 4.98 Å². The van der Waals surface area contributed by atoms with Crippen molar-refractivity contribution in [2.24, 2.45) is 0 Å². The molecule has 22 heavy (non-hydrogen) atoms. The van der Waals surface area contributed by atoms with E-state index in [9.17, 15) is 4.79 Å². The molecule has 1 N–H and O–H groups in total. The Morgan fingerprint density at radius 3 is 2.95 bits per heavy atom. The highest BCUT2D eigenvalue weighted by Gasteiger charge is 2.08. The largest absolute Gasteiger partial charge is 0.497 e. The summed E-state index contributed by atoms with van der Waals surface area (Å²) >= 11 is 1.70. The number of amides is 1. The Morgan fingerprint density at radius 1 is 1.27 bits per heavy atom. The number of fused-ring (bicyclic) bond motifs is 1. The molecule has 112 valence electrons. The fraction of sp³-hybridized carbons (Fsp3) is 0.176. The lowest BCUT2D eigenvalue weighted by Gasteiger charge is -2.06. The first-order chi connectivity index (χ1) is 10.8. The number of thiophene rings is 1. The maximum atomic E-state index is 12.1. The lowest BCUT2D eigenvalue weighted by molar-refractivity contribution is 0.0949. The van der Waals surface area contributed by atoms with Gasteiger partial charge in [0.05, 0.1) is 12.6 Å². The van der Waals surface area contributed by atoms with Crippen LogP contribution in [0.25, 0.3) is 10.9 Å². The number of rotatable bonds is 5. The van der Waals surface area contributed by atoms with Crippen LogP contribution in [0.5, 0.6) is 5.75 Å². The maximum Gasteiger partial charge on any atom is 0.269 e. The van der Waals surface area contributed by atoms with E-state index in [1.807, 2.05) is 35.7 Å². The van der Waals surface area contributed by atoms with Gasteiger partial charge in [-0.2, -0.15) is 0 Å². The van der Waals surface area contributed by atoms with Crippen molar-refractivity contribution in [3.05, 3.63) is 58.4 Å². The van der Waals surface area contributed by atoms with Crippen molar-refractivity contribution in [1.82, 2.24) is 10.3 Å². The van der Waals surface area contributed by atoms with Gasteiger partial charge < -0.3 is 10.1 Å². The third-order valence-electron chi connectivity index (χ3n) is 3.37. The van der Waals surface area contributed by atoms with Crippen molar-refractivity contribution >= 4 is 28.1 Å². The average Bonchev–Trinajstić information content (AvgIpc) is 3.07. The number of ether oxygens (including phenoxy) is 1. The minimum Gasteiger partial charge on any atom is -0.497 e. The summed E-state index contributed by atoms with van der Waals surface area (Å²) in [5.74, 6) is 0.636. The lowest BCUT2D eigenvalue weighted by atomic mass is 10.2. The van der Waals surface area contributed by atoms with Gasteiger partial charge in [-0.3, -0.25) is 4.79 Å². The molecule has 0 spiro atoms.